The van der Waals surface area contributed by atoms with Crippen LogP contribution >= 0.6 is 0 Å². The van der Waals surface area contributed by atoms with Crippen LogP contribution in [0.25, 0.3) is 11.1 Å². The second-order valence-electron chi connectivity index (χ2n) is 6.75. The highest BCUT2D eigenvalue weighted by molar-refractivity contribution is 5.94. The summed E-state index contributed by atoms with van der Waals surface area (Å²) in [4.78, 5) is 29.7. The van der Waals surface area contributed by atoms with Crippen LogP contribution in [0.2, 0.25) is 0 Å². The minimum atomic E-state index is -0.399. The van der Waals surface area contributed by atoms with Gasteiger partial charge in [0.25, 0.3) is 0 Å². The second kappa shape index (κ2) is 5.95. The number of carbonyl (C=O) groups excluding carboxylic acids is 2. The van der Waals surface area contributed by atoms with Gasteiger partial charge in [-0.3, -0.25) is 9.78 Å². The number of hydrogen-bond donors (Lipinski definition) is 1. The molecule has 0 radical (unpaired) electrons. The topological polar surface area (TPSA) is 62.3 Å². The highest BCUT2D eigenvalue weighted by atomic mass is 19.1. The van der Waals surface area contributed by atoms with Crippen molar-refractivity contribution in [1.82, 2.24) is 9.88 Å². The number of aromatic nitrogens is 1. The molecule has 0 spiro atoms. The zero-order chi connectivity index (χ0) is 17.6. The first-order valence-corrected chi connectivity index (χ1v) is 8.34. The monoisotopic (exact) mass is 339 g/mol. The van der Waals surface area contributed by atoms with E-state index in [2.05, 4.69) is 10.3 Å². The van der Waals surface area contributed by atoms with Crippen LogP contribution in [0, 0.1) is 12.7 Å². The Bertz CT molecular complexity index is 853. The molecule has 2 amide bonds. The quantitative estimate of drug-likeness (QED) is 0.910. The van der Waals surface area contributed by atoms with E-state index in [1.807, 2.05) is 25.1 Å². The molecule has 128 valence electrons. The van der Waals surface area contributed by atoms with Crippen molar-refractivity contribution in [2.45, 2.75) is 38.3 Å². The van der Waals surface area contributed by atoms with Crippen molar-refractivity contribution in [1.29, 1.82) is 0 Å². The molecule has 6 heteroatoms. The molecule has 1 N–H and O–H groups in total. The van der Waals surface area contributed by atoms with E-state index < -0.39 is 5.82 Å². The molecular formula is C19H18FN3O2. The number of anilines is 1. The fourth-order valence-electron chi connectivity index (χ4n) is 3.76. The summed E-state index contributed by atoms with van der Waals surface area (Å²) in [5.74, 6) is -0.161. The third-order valence-corrected chi connectivity index (χ3v) is 5.00. The van der Waals surface area contributed by atoms with Gasteiger partial charge in [0.15, 0.2) is 0 Å². The average Bonchev–Trinajstić information content (AvgIpc) is 2.56. The molecule has 0 saturated carbocycles. The third-order valence-electron chi connectivity index (χ3n) is 5.00. The molecule has 2 aromatic rings. The Morgan fingerprint density at radius 3 is 2.72 bits per heavy atom. The van der Waals surface area contributed by atoms with Gasteiger partial charge in [0.2, 0.25) is 0 Å². The molecule has 2 fully saturated rings. The number of fused-ring (bicyclic) bond motifs is 2. The maximum atomic E-state index is 13.5. The summed E-state index contributed by atoms with van der Waals surface area (Å²) in [6.45, 7) is 1.93. The molecular weight excluding hydrogens is 321 g/mol. The minimum Gasteiger partial charge on any atom is -0.318 e. The third kappa shape index (κ3) is 2.88. The van der Waals surface area contributed by atoms with Crippen molar-refractivity contribution in [3.8, 4) is 11.1 Å². The Hall–Kier alpha value is -2.76. The number of benzene rings is 1. The summed E-state index contributed by atoms with van der Waals surface area (Å²) in [6.07, 6.45) is 4.58. The van der Waals surface area contributed by atoms with Gasteiger partial charge in [-0.2, -0.15) is 0 Å². The van der Waals surface area contributed by atoms with Gasteiger partial charge in [0.1, 0.15) is 11.6 Å². The molecule has 2 unspecified atom stereocenters. The van der Waals surface area contributed by atoms with Crippen LogP contribution in [0.4, 0.5) is 14.9 Å². The van der Waals surface area contributed by atoms with E-state index >= 15 is 0 Å². The average molecular weight is 339 g/mol. The number of piperidine rings is 1. The fraction of sp³-hybridized carbons (Fsp3) is 0.316. The van der Waals surface area contributed by atoms with Gasteiger partial charge in [-0.05, 0) is 42.7 Å². The number of Topliss-reactive ketones (excluding diaryl/α,β-unsaturated/α-hetero) is 1. The van der Waals surface area contributed by atoms with E-state index in [0.717, 1.165) is 23.7 Å². The van der Waals surface area contributed by atoms with E-state index in [1.54, 1.807) is 11.1 Å². The molecule has 2 aliphatic rings. The summed E-state index contributed by atoms with van der Waals surface area (Å²) in [6, 6.07) is 6.84. The van der Waals surface area contributed by atoms with Crippen LogP contribution in [-0.2, 0) is 4.79 Å². The molecule has 1 aromatic carbocycles. The summed E-state index contributed by atoms with van der Waals surface area (Å²) >= 11 is 0. The Kier molecular flexibility index (Phi) is 3.75. The highest BCUT2D eigenvalue weighted by Crippen LogP contribution is 2.37. The first-order chi connectivity index (χ1) is 12.0. The van der Waals surface area contributed by atoms with Crippen molar-refractivity contribution < 1.29 is 14.0 Å². The minimum absolute atomic E-state index is 0.0311. The number of nitrogens with zero attached hydrogens (tertiary/aromatic N) is 2. The maximum absolute atomic E-state index is 13.5. The lowest BCUT2D eigenvalue weighted by Crippen LogP contribution is -2.64. The lowest BCUT2D eigenvalue weighted by Gasteiger charge is -2.51. The van der Waals surface area contributed by atoms with E-state index in [1.165, 1.54) is 6.07 Å². The number of ketones is 1. The number of halogens is 1. The number of urea groups is 1. The van der Waals surface area contributed by atoms with Crippen LogP contribution in [0.15, 0.2) is 36.7 Å². The van der Waals surface area contributed by atoms with Crippen molar-refractivity contribution in [3.05, 3.63) is 48.0 Å². The lowest BCUT2D eigenvalue weighted by molar-refractivity contribution is -0.129. The normalized spacial score (nSPS) is 21.7. The predicted molar refractivity (Wildman–Crippen MR) is 91.7 cm³/mol. The molecule has 25 heavy (non-hydrogen) atoms. The lowest BCUT2D eigenvalue weighted by atomic mass is 9.79. The largest absolute Gasteiger partial charge is 0.322 e. The Morgan fingerprint density at radius 2 is 2.00 bits per heavy atom. The van der Waals surface area contributed by atoms with Crippen molar-refractivity contribution >= 4 is 17.5 Å². The number of hydrogen-bond acceptors (Lipinski definition) is 3. The number of amides is 2. The van der Waals surface area contributed by atoms with Gasteiger partial charge in [-0.25, -0.2) is 9.18 Å². The number of rotatable bonds is 2. The van der Waals surface area contributed by atoms with Crippen LogP contribution in [0.5, 0.6) is 0 Å². The van der Waals surface area contributed by atoms with E-state index in [4.69, 9.17) is 0 Å². The van der Waals surface area contributed by atoms with Crippen LogP contribution in [0.3, 0.4) is 0 Å². The molecule has 3 heterocycles. The summed E-state index contributed by atoms with van der Waals surface area (Å²) in [5.41, 5.74) is 3.10. The highest BCUT2D eigenvalue weighted by Gasteiger charge is 2.47. The number of carbonyl (C=O) groups is 2. The van der Waals surface area contributed by atoms with Gasteiger partial charge in [0.05, 0.1) is 6.20 Å². The molecule has 2 saturated heterocycles. The van der Waals surface area contributed by atoms with Crippen LogP contribution in [0.1, 0.15) is 24.8 Å². The Balaban J connectivity index is 1.55. The Labute approximate surface area is 144 Å². The first-order valence-electron chi connectivity index (χ1n) is 8.34. The summed E-state index contributed by atoms with van der Waals surface area (Å²) in [5, 5.41) is 2.90. The van der Waals surface area contributed by atoms with Crippen molar-refractivity contribution in [3.63, 3.8) is 0 Å². The standard InChI is InChI=1S/C19H18FN3O2/c1-11-2-3-14(5-18(11)12-4-13(20)10-21-9-12)22-19(25)23-15-6-16(23)8-17(24)7-15/h2-5,9-10,15-16H,6-8H2,1H3,(H,22,25). The van der Waals surface area contributed by atoms with Crippen molar-refractivity contribution in [2.24, 2.45) is 0 Å². The van der Waals surface area contributed by atoms with E-state index in [0.29, 0.717) is 24.1 Å². The molecule has 1 aromatic heterocycles. The van der Waals surface area contributed by atoms with E-state index in [9.17, 15) is 14.0 Å². The van der Waals surface area contributed by atoms with Crippen LogP contribution in [-0.4, -0.2) is 33.8 Å². The fourth-order valence-corrected chi connectivity index (χ4v) is 3.76. The van der Waals surface area contributed by atoms with Gasteiger partial charge in [-0.15, -0.1) is 0 Å². The van der Waals surface area contributed by atoms with Gasteiger partial charge < -0.3 is 10.2 Å². The predicted octanol–water partition coefficient (Wildman–Crippen LogP) is 3.53. The molecule has 5 nitrogen and oxygen atoms in total. The Morgan fingerprint density at radius 1 is 1.24 bits per heavy atom. The summed E-state index contributed by atoms with van der Waals surface area (Å²) in [7, 11) is 0. The first kappa shape index (κ1) is 15.7. The zero-order valence-electron chi connectivity index (χ0n) is 13.8. The number of aryl methyl sites for hydroxylation is 1. The SMILES string of the molecule is Cc1ccc(NC(=O)N2C3CC(=O)CC2C3)cc1-c1cncc(F)c1. The molecule has 0 aliphatic carbocycles. The zero-order valence-corrected chi connectivity index (χ0v) is 13.8. The molecule has 2 aliphatic heterocycles. The van der Waals surface area contributed by atoms with Crippen molar-refractivity contribution in [2.75, 3.05) is 5.32 Å². The van der Waals surface area contributed by atoms with Gasteiger partial charge in [0, 0.05) is 42.4 Å². The number of nitrogens with one attached hydrogen (secondary N) is 1. The second-order valence-corrected chi connectivity index (χ2v) is 6.75. The number of pyridine rings is 1. The maximum Gasteiger partial charge on any atom is 0.322 e. The van der Waals surface area contributed by atoms with E-state index in [-0.39, 0.29) is 23.9 Å². The molecule has 2 bridgehead atoms. The van der Waals surface area contributed by atoms with Gasteiger partial charge in [-0.1, -0.05) is 6.07 Å². The molecule has 4 rings (SSSR count). The smallest absolute Gasteiger partial charge is 0.318 e. The van der Waals surface area contributed by atoms with Gasteiger partial charge >= 0.3 is 6.03 Å². The molecule has 2 atom stereocenters. The summed E-state index contributed by atoms with van der Waals surface area (Å²) < 4.78 is 13.5. The van der Waals surface area contributed by atoms with Crippen LogP contribution < -0.4 is 5.32 Å².